The van der Waals surface area contributed by atoms with Gasteiger partial charge in [0.15, 0.2) is 0 Å². The van der Waals surface area contributed by atoms with Crippen LogP contribution in [-0.4, -0.2) is 36.0 Å². The van der Waals surface area contributed by atoms with Crippen molar-refractivity contribution in [3.8, 4) is 11.5 Å². The average Bonchev–Trinajstić information content (AvgIpc) is 3.13. The maximum Gasteiger partial charge on any atom is 0.307 e. The third-order valence-electron chi connectivity index (χ3n) is 2.92. The van der Waals surface area contributed by atoms with Crippen LogP contribution in [0, 0.1) is 6.92 Å². The zero-order chi connectivity index (χ0) is 16.7. The predicted molar refractivity (Wildman–Crippen MR) is 81.8 cm³/mol. The molecule has 0 saturated heterocycles. The molecule has 0 aliphatic carbocycles. The van der Waals surface area contributed by atoms with Crippen LogP contribution >= 0.6 is 0 Å². The summed E-state index contributed by atoms with van der Waals surface area (Å²) in [4.78, 5) is 12.7. The van der Waals surface area contributed by atoms with E-state index in [0.717, 1.165) is 11.3 Å². The summed E-state index contributed by atoms with van der Waals surface area (Å²) in [5, 5.41) is 16.4. The molecule has 2 heterocycles. The van der Waals surface area contributed by atoms with Crippen LogP contribution in [0.15, 0.2) is 6.20 Å². The summed E-state index contributed by atoms with van der Waals surface area (Å²) >= 11 is 0. The molecule has 0 aliphatic heterocycles. The summed E-state index contributed by atoms with van der Waals surface area (Å²) in [6, 6.07) is 0. The van der Waals surface area contributed by atoms with Crippen LogP contribution in [0.4, 0.5) is 0 Å². The Kier molecular flexibility index (Phi) is 6.68. The molecule has 2 rings (SSSR count). The quantitative estimate of drug-likeness (QED) is 0.787. The van der Waals surface area contributed by atoms with Crippen LogP contribution in [0.5, 0.6) is 0 Å². The second-order valence-corrected chi connectivity index (χ2v) is 4.44. The lowest BCUT2D eigenvalue weighted by Crippen LogP contribution is -2.18. The molecule has 122 valence electrons. The van der Waals surface area contributed by atoms with Gasteiger partial charge >= 0.3 is 5.97 Å². The largest absolute Gasteiger partial charge is 0.438 e. The Bertz CT molecular complexity index is 585. The van der Waals surface area contributed by atoms with Gasteiger partial charge in [0.1, 0.15) is 5.69 Å². The van der Waals surface area contributed by atoms with Gasteiger partial charge in [-0.2, -0.15) is 5.10 Å². The van der Waals surface area contributed by atoms with Gasteiger partial charge in [0, 0.05) is 19.9 Å². The smallest absolute Gasteiger partial charge is 0.307 e. The summed E-state index contributed by atoms with van der Waals surface area (Å²) in [5.41, 5.74) is 1.76. The highest BCUT2D eigenvalue weighted by Crippen LogP contribution is 2.19. The first-order valence-corrected chi connectivity index (χ1v) is 7.54. The molecule has 0 amide bonds. The number of hydrogen-bond acceptors (Lipinski definition) is 6. The molecular weight excluding hydrogens is 284 g/mol. The number of hydrogen-bond donors (Lipinski definition) is 0. The second-order valence-electron chi connectivity index (χ2n) is 4.44. The molecule has 0 fully saturated rings. The highest BCUT2D eigenvalue weighted by Gasteiger charge is 2.19. The third kappa shape index (κ3) is 3.90. The SMILES string of the molecule is CC.CCC(=O)OC(CC)n1nnc(-c2c(C)cnn2C)n1. The molecule has 22 heavy (non-hydrogen) atoms. The molecule has 0 bridgehead atoms. The summed E-state index contributed by atoms with van der Waals surface area (Å²) in [6.07, 6.45) is 2.10. The third-order valence-corrected chi connectivity index (χ3v) is 2.92. The van der Waals surface area contributed by atoms with E-state index in [1.54, 1.807) is 17.8 Å². The first-order chi connectivity index (χ1) is 10.6. The van der Waals surface area contributed by atoms with Crippen molar-refractivity contribution >= 4 is 5.97 Å². The van der Waals surface area contributed by atoms with E-state index in [1.165, 1.54) is 4.80 Å². The van der Waals surface area contributed by atoms with Gasteiger partial charge in [0.25, 0.3) is 0 Å². The standard InChI is InChI=1S/C12H18N6O2.C2H6/c1-5-9(20-10(19)6-2)18-15-12(14-16-18)11-8(3)7-13-17(11)4;1-2/h7,9H,5-6H2,1-4H3;1-2H3. The van der Waals surface area contributed by atoms with Gasteiger partial charge in [-0.3, -0.25) is 9.48 Å². The van der Waals surface area contributed by atoms with E-state index < -0.39 is 6.23 Å². The number of carbonyl (C=O) groups is 1. The number of aromatic nitrogens is 6. The zero-order valence-corrected chi connectivity index (χ0v) is 14.1. The van der Waals surface area contributed by atoms with Crippen molar-refractivity contribution in [2.45, 2.75) is 53.7 Å². The van der Waals surface area contributed by atoms with Gasteiger partial charge in [-0.15, -0.1) is 15.0 Å². The lowest BCUT2D eigenvalue weighted by molar-refractivity contribution is -0.155. The Morgan fingerprint density at radius 3 is 2.55 bits per heavy atom. The first kappa shape index (κ1) is 17.8. The van der Waals surface area contributed by atoms with Crippen LogP contribution in [-0.2, 0) is 16.6 Å². The Labute approximate surface area is 130 Å². The molecule has 1 atom stereocenters. The van der Waals surface area contributed by atoms with E-state index in [0.29, 0.717) is 18.7 Å². The van der Waals surface area contributed by atoms with Gasteiger partial charge in [-0.05, 0) is 17.7 Å². The molecular formula is C14H24N6O2. The number of carbonyl (C=O) groups excluding carboxylic acids is 1. The van der Waals surface area contributed by atoms with Crippen molar-refractivity contribution in [1.29, 1.82) is 0 Å². The van der Waals surface area contributed by atoms with Crippen molar-refractivity contribution in [2.24, 2.45) is 7.05 Å². The van der Waals surface area contributed by atoms with E-state index in [1.807, 2.05) is 34.7 Å². The van der Waals surface area contributed by atoms with Crippen molar-refractivity contribution < 1.29 is 9.53 Å². The molecule has 8 heteroatoms. The lowest BCUT2D eigenvalue weighted by Gasteiger charge is -2.13. The predicted octanol–water partition coefficient (Wildman–Crippen LogP) is 2.27. The number of ether oxygens (including phenoxy) is 1. The summed E-state index contributed by atoms with van der Waals surface area (Å²) in [6.45, 7) is 9.57. The molecule has 0 aromatic carbocycles. The highest BCUT2D eigenvalue weighted by atomic mass is 16.6. The Balaban J connectivity index is 0.00000116. The fourth-order valence-electron chi connectivity index (χ4n) is 1.84. The maximum absolute atomic E-state index is 11.4. The minimum absolute atomic E-state index is 0.285. The molecule has 0 spiro atoms. The molecule has 8 nitrogen and oxygen atoms in total. The number of aryl methyl sites for hydroxylation is 2. The molecule has 1 unspecified atom stereocenters. The Morgan fingerprint density at radius 1 is 1.36 bits per heavy atom. The summed E-state index contributed by atoms with van der Waals surface area (Å²) < 4.78 is 6.95. The summed E-state index contributed by atoms with van der Waals surface area (Å²) in [7, 11) is 1.82. The Morgan fingerprint density at radius 2 is 2.05 bits per heavy atom. The van der Waals surface area contributed by atoms with Crippen LogP contribution in [0.3, 0.4) is 0 Å². The van der Waals surface area contributed by atoms with Gasteiger partial charge in [0.2, 0.25) is 12.1 Å². The fraction of sp³-hybridized carbons (Fsp3) is 0.643. The molecule has 0 saturated carbocycles. The number of nitrogens with zero attached hydrogens (tertiary/aromatic N) is 6. The van der Waals surface area contributed by atoms with Crippen molar-refractivity contribution in [3.05, 3.63) is 11.8 Å². The molecule has 2 aromatic rings. The first-order valence-electron chi connectivity index (χ1n) is 7.54. The van der Waals surface area contributed by atoms with Gasteiger partial charge in [-0.1, -0.05) is 27.7 Å². The van der Waals surface area contributed by atoms with Gasteiger partial charge in [0.05, 0.1) is 6.20 Å². The van der Waals surface area contributed by atoms with Crippen LogP contribution in [0.1, 0.15) is 52.3 Å². The zero-order valence-electron chi connectivity index (χ0n) is 14.1. The number of tetrazole rings is 1. The molecule has 0 radical (unpaired) electrons. The van der Waals surface area contributed by atoms with Crippen molar-refractivity contribution in [1.82, 2.24) is 30.0 Å². The second kappa shape index (κ2) is 8.26. The van der Waals surface area contributed by atoms with Crippen molar-refractivity contribution in [3.63, 3.8) is 0 Å². The number of esters is 1. The highest BCUT2D eigenvalue weighted by molar-refractivity contribution is 5.68. The average molecular weight is 308 g/mol. The minimum Gasteiger partial charge on any atom is -0.438 e. The van der Waals surface area contributed by atoms with E-state index in [4.69, 9.17) is 4.74 Å². The molecule has 0 N–H and O–H groups in total. The molecule has 2 aromatic heterocycles. The maximum atomic E-state index is 11.4. The van der Waals surface area contributed by atoms with E-state index >= 15 is 0 Å². The Hall–Kier alpha value is -2.25. The summed E-state index contributed by atoms with van der Waals surface area (Å²) in [5.74, 6) is 0.181. The van der Waals surface area contributed by atoms with E-state index in [2.05, 4.69) is 20.5 Å². The molecule has 0 aliphatic rings. The van der Waals surface area contributed by atoms with Gasteiger partial charge < -0.3 is 4.74 Å². The minimum atomic E-state index is -0.530. The topological polar surface area (TPSA) is 87.7 Å². The number of rotatable bonds is 5. The van der Waals surface area contributed by atoms with E-state index in [-0.39, 0.29) is 5.97 Å². The fourth-order valence-corrected chi connectivity index (χ4v) is 1.84. The normalized spacial score (nSPS) is 11.5. The lowest BCUT2D eigenvalue weighted by atomic mass is 10.3. The van der Waals surface area contributed by atoms with Crippen LogP contribution in [0.25, 0.3) is 11.5 Å². The monoisotopic (exact) mass is 308 g/mol. The van der Waals surface area contributed by atoms with Crippen molar-refractivity contribution in [2.75, 3.05) is 0 Å². The van der Waals surface area contributed by atoms with Gasteiger partial charge in [-0.25, -0.2) is 0 Å². The van der Waals surface area contributed by atoms with Crippen LogP contribution in [0.2, 0.25) is 0 Å². The van der Waals surface area contributed by atoms with Crippen LogP contribution < -0.4 is 0 Å². The van der Waals surface area contributed by atoms with E-state index in [9.17, 15) is 4.79 Å².